The second-order valence-electron chi connectivity index (χ2n) is 8.07. The third-order valence-corrected chi connectivity index (χ3v) is 5.98. The van der Waals surface area contributed by atoms with Gasteiger partial charge in [-0.1, -0.05) is 103 Å². The van der Waals surface area contributed by atoms with Gasteiger partial charge in [-0.15, -0.1) is 0 Å². The van der Waals surface area contributed by atoms with Gasteiger partial charge in [-0.3, -0.25) is 9.69 Å². The summed E-state index contributed by atoms with van der Waals surface area (Å²) in [5.41, 5.74) is 3.63. The largest absolute Gasteiger partial charge is 0.340 e. The average Bonchev–Trinajstić information content (AvgIpc) is 2.84. The van der Waals surface area contributed by atoms with Gasteiger partial charge in [-0.05, 0) is 16.7 Å². The highest BCUT2D eigenvalue weighted by molar-refractivity contribution is 5.78. The molecule has 3 nitrogen and oxygen atoms in total. The Balaban J connectivity index is 1.33. The molecule has 0 unspecified atom stereocenters. The summed E-state index contributed by atoms with van der Waals surface area (Å²) >= 11 is 0. The van der Waals surface area contributed by atoms with E-state index in [1.807, 2.05) is 23.1 Å². The summed E-state index contributed by atoms with van der Waals surface area (Å²) in [6.45, 7) is 4.37. The molecule has 1 fully saturated rings. The van der Waals surface area contributed by atoms with Gasteiger partial charge < -0.3 is 4.90 Å². The van der Waals surface area contributed by atoms with E-state index in [4.69, 9.17) is 0 Å². The van der Waals surface area contributed by atoms with Crippen molar-refractivity contribution in [2.45, 2.75) is 12.3 Å². The molecule has 3 aromatic rings. The van der Waals surface area contributed by atoms with Crippen molar-refractivity contribution in [1.29, 1.82) is 0 Å². The quantitative estimate of drug-likeness (QED) is 0.543. The number of piperazine rings is 1. The van der Waals surface area contributed by atoms with Crippen molar-refractivity contribution in [3.05, 3.63) is 114 Å². The fraction of sp³-hybridized carbons (Fsp3) is 0.250. The van der Waals surface area contributed by atoms with Crippen LogP contribution in [0.5, 0.6) is 0 Å². The first-order valence-electron chi connectivity index (χ1n) is 11.1. The second-order valence-corrected chi connectivity index (χ2v) is 8.07. The molecule has 0 spiro atoms. The molecule has 0 aliphatic carbocycles. The molecule has 1 saturated heterocycles. The van der Waals surface area contributed by atoms with Crippen LogP contribution in [0.15, 0.2) is 97.1 Å². The first kappa shape index (κ1) is 21.1. The highest BCUT2D eigenvalue weighted by atomic mass is 16.2. The van der Waals surface area contributed by atoms with Gasteiger partial charge in [-0.2, -0.15) is 0 Å². The van der Waals surface area contributed by atoms with Crippen molar-refractivity contribution in [2.75, 3.05) is 32.7 Å². The average molecular weight is 411 g/mol. The van der Waals surface area contributed by atoms with Crippen molar-refractivity contribution < 1.29 is 4.79 Å². The van der Waals surface area contributed by atoms with Gasteiger partial charge in [0.2, 0.25) is 5.91 Å². The Morgan fingerprint density at radius 3 is 1.81 bits per heavy atom. The van der Waals surface area contributed by atoms with Crippen LogP contribution in [0, 0.1) is 0 Å². The zero-order chi connectivity index (χ0) is 21.3. The van der Waals surface area contributed by atoms with E-state index in [0.717, 1.165) is 32.7 Å². The minimum Gasteiger partial charge on any atom is -0.340 e. The molecule has 0 bridgehead atoms. The molecule has 1 aliphatic heterocycles. The van der Waals surface area contributed by atoms with Crippen LogP contribution in [0.2, 0.25) is 0 Å². The smallest absolute Gasteiger partial charge is 0.223 e. The van der Waals surface area contributed by atoms with Gasteiger partial charge in [-0.25, -0.2) is 0 Å². The second kappa shape index (κ2) is 10.7. The third-order valence-electron chi connectivity index (χ3n) is 5.98. The first-order chi connectivity index (χ1) is 15.3. The summed E-state index contributed by atoms with van der Waals surface area (Å²) < 4.78 is 0. The monoisotopic (exact) mass is 410 g/mol. The number of nitrogens with zero attached hydrogens (tertiary/aromatic N) is 2. The van der Waals surface area contributed by atoms with Crippen LogP contribution in [0.3, 0.4) is 0 Å². The van der Waals surface area contributed by atoms with E-state index in [1.165, 1.54) is 16.7 Å². The zero-order valence-electron chi connectivity index (χ0n) is 17.9. The van der Waals surface area contributed by atoms with E-state index < -0.39 is 0 Å². The molecule has 158 valence electrons. The van der Waals surface area contributed by atoms with E-state index in [2.05, 4.69) is 89.8 Å². The van der Waals surface area contributed by atoms with Gasteiger partial charge >= 0.3 is 0 Å². The maximum Gasteiger partial charge on any atom is 0.223 e. The van der Waals surface area contributed by atoms with E-state index >= 15 is 0 Å². The predicted octanol–water partition coefficient (Wildman–Crippen LogP) is 5.07. The molecular formula is C28H30N2O. The minimum absolute atomic E-state index is 0.0988. The van der Waals surface area contributed by atoms with Crippen LogP contribution in [0.1, 0.15) is 29.0 Å². The van der Waals surface area contributed by atoms with Crippen molar-refractivity contribution in [2.24, 2.45) is 0 Å². The zero-order valence-corrected chi connectivity index (χ0v) is 17.9. The molecule has 4 rings (SSSR count). The lowest BCUT2D eigenvalue weighted by molar-refractivity contribution is -0.133. The number of benzene rings is 3. The highest BCUT2D eigenvalue weighted by Gasteiger charge is 2.24. The molecular weight excluding hydrogens is 380 g/mol. The summed E-state index contributed by atoms with van der Waals surface area (Å²) in [6, 6.07) is 31.2. The van der Waals surface area contributed by atoms with Gasteiger partial charge in [0, 0.05) is 45.1 Å². The Morgan fingerprint density at radius 1 is 0.742 bits per heavy atom. The Hall–Kier alpha value is -3.17. The SMILES string of the molecule is O=C(CC(c1ccccc1)c1ccccc1)N1CCN(CC=Cc2ccccc2)CC1. The summed E-state index contributed by atoms with van der Waals surface area (Å²) in [4.78, 5) is 17.6. The number of amides is 1. The first-order valence-corrected chi connectivity index (χ1v) is 11.1. The molecule has 0 aromatic heterocycles. The molecule has 0 saturated carbocycles. The lowest BCUT2D eigenvalue weighted by atomic mass is 9.88. The topological polar surface area (TPSA) is 23.6 Å². The van der Waals surface area contributed by atoms with Crippen molar-refractivity contribution >= 4 is 12.0 Å². The maximum absolute atomic E-state index is 13.2. The van der Waals surface area contributed by atoms with Crippen LogP contribution in [0.25, 0.3) is 6.08 Å². The standard InChI is InChI=1S/C28H30N2O/c31-28(23-27(25-14-6-2-7-15-25)26-16-8-3-9-17-26)30-21-19-29(20-22-30)18-10-13-24-11-4-1-5-12-24/h1-17,27H,18-23H2. The van der Waals surface area contributed by atoms with Crippen molar-refractivity contribution in [1.82, 2.24) is 9.80 Å². The lowest BCUT2D eigenvalue weighted by Crippen LogP contribution is -2.48. The fourth-order valence-electron chi connectivity index (χ4n) is 4.18. The summed E-state index contributed by atoms with van der Waals surface area (Å²) in [5.74, 6) is 0.346. The molecule has 3 heteroatoms. The molecule has 0 radical (unpaired) electrons. The molecule has 1 aliphatic rings. The normalized spacial score (nSPS) is 14.9. The van der Waals surface area contributed by atoms with Gasteiger partial charge in [0.25, 0.3) is 0 Å². The van der Waals surface area contributed by atoms with Crippen molar-refractivity contribution in [3.8, 4) is 0 Å². The predicted molar refractivity (Wildman–Crippen MR) is 128 cm³/mol. The fourth-order valence-corrected chi connectivity index (χ4v) is 4.18. The Bertz CT molecular complexity index is 922. The highest BCUT2D eigenvalue weighted by Crippen LogP contribution is 2.28. The molecule has 0 atom stereocenters. The minimum atomic E-state index is 0.0988. The van der Waals surface area contributed by atoms with Crippen molar-refractivity contribution in [3.63, 3.8) is 0 Å². The Morgan fingerprint density at radius 2 is 1.26 bits per heavy atom. The maximum atomic E-state index is 13.2. The van der Waals surface area contributed by atoms with Crippen LogP contribution in [0.4, 0.5) is 0 Å². The summed E-state index contributed by atoms with van der Waals surface area (Å²) in [7, 11) is 0. The molecule has 3 aromatic carbocycles. The number of rotatable bonds is 7. The third kappa shape index (κ3) is 5.93. The van der Waals surface area contributed by atoms with E-state index in [9.17, 15) is 4.79 Å². The molecule has 0 N–H and O–H groups in total. The van der Waals surface area contributed by atoms with Gasteiger partial charge in [0.05, 0.1) is 0 Å². The number of hydrogen-bond acceptors (Lipinski definition) is 2. The molecule has 31 heavy (non-hydrogen) atoms. The van der Waals surface area contributed by atoms with E-state index in [0.29, 0.717) is 6.42 Å². The van der Waals surface area contributed by atoms with Gasteiger partial charge in [0.1, 0.15) is 0 Å². The lowest BCUT2D eigenvalue weighted by Gasteiger charge is -2.35. The van der Waals surface area contributed by atoms with Crippen LogP contribution in [-0.2, 0) is 4.79 Å². The van der Waals surface area contributed by atoms with E-state index in [-0.39, 0.29) is 11.8 Å². The Kier molecular flexibility index (Phi) is 7.30. The number of hydrogen-bond donors (Lipinski definition) is 0. The summed E-state index contributed by atoms with van der Waals surface area (Å²) in [5, 5.41) is 0. The Labute approximate surface area is 185 Å². The van der Waals surface area contributed by atoms with Gasteiger partial charge in [0.15, 0.2) is 0 Å². The number of carbonyl (C=O) groups is 1. The molecule has 1 heterocycles. The van der Waals surface area contributed by atoms with Crippen LogP contribution in [-0.4, -0.2) is 48.4 Å². The molecule has 1 amide bonds. The van der Waals surface area contributed by atoms with E-state index in [1.54, 1.807) is 0 Å². The van der Waals surface area contributed by atoms with Crippen LogP contribution >= 0.6 is 0 Å². The number of carbonyl (C=O) groups excluding carboxylic acids is 1. The summed E-state index contributed by atoms with van der Waals surface area (Å²) in [6.07, 6.45) is 4.90. The van der Waals surface area contributed by atoms with Crippen LogP contribution < -0.4 is 0 Å².